The monoisotopic (exact) mass is 315 g/mol. The largest absolute Gasteiger partial charge is 0.507 e. The lowest BCUT2D eigenvalue weighted by atomic mass is 10.0. The molecule has 3 aromatic carbocycles. The molecule has 0 spiro atoms. The van der Waals surface area contributed by atoms with Gasteiger partial charge in [0.25, 0.3) is 0 Å². The number of nitrogens with one attached hydrogen (secondary N) is 1. The molecule has 0 aliphatic carbocycles. The van der Waals surface area contributed by atoms with Crippen molar-refractivity contribution in [2.75, 3.05) is 11.9 Å². The molecule has 0 aromatic heterocycles. The maximum Gasteiger partial charge on any atom is 0.123 e. The van der Waals surface area contributed by atoms with E-state index < -0.39 is 0 Å². The Hall–Kier alpha value is -2.39. The summed E-state index contributed by atoms with van der Waals surface area (Å²) in [5.74, 6) is 0.402. The minimum Gasteiger partial charge on any atom is -0.507 e. The van der Waals surface area contributed by atoms with Gasteiger partial charge in [0.1, 0.15) is 11.5 Å². The van der Waals surface area contributed by atoms with Crippen LogP contribution in [0.3, 0.4) is 0 Å². The lowest BCUT2D eigenvalue weighted by Crippen LogP contribution is -2.05. The highest BCUT2D eigenvalue weighted by molar-refractivity contribution is 5.95. The van der Waals surface area contributed by atoms with Crippen molar-refractivity contribution in [3.05, 3.63) is 66.2 Å². The first-order valence-corrected chi connectivity index (χ1v) is 6.97. The Balaban J connectivity index is 0.00000176. The van der Waals surface area contributed by atoms with Crippen LogP contribution < -0.4 is 5.32 Å². The standard InChI is InChI=1S/C18H17NO2.ClH/c20-16-10-9-13(18-15(16)7-4-8-17(18)21)11-12-19-14-5-2-1-3-6-14;/h1-10,19-21H,11-12H2;1H. The van der Waals surface area contributed by atoms with Gasteiger partial charge in [0.05, 0.1) is 0 Å². The second-order valence-electron chi connectivity index (χ2n) is 4.99. The molecule has 0 bridgehead atoms. The Kier molecular flexibility index (Phi) is 5.12. The molecular weight excluding hydrogens is 298 g/mol. The Morgan fingerprint density at radius 1 is 0.773 bits per heavy atom. The number of phenolic OH excluding ortho intramolecular Hbond substituents is 2. The third-order valence-corrected chi connectivity index (χ3v) is 3.58. The molecule has 0 fully saturated rings. The maximum atomic E-state index is 10.1. The summed E-state index contributed by atoms with van der Waals surface area (Å²) in [5.41, 5.74) is 2.09. The van der Waals surface area contributed by atoms with E-state index in [2.05, 4.69) is 5.32 Å². The molecule has 0 saturated heterocycles. The van der Waals surface area contributed by atoms with Gasteiger partial charge in [0.15, 0.2) is 0 Å². The van der Waals surface area contributed by atoms with Crippen molar-refractivity contribution < 1.29 is 10.2 Å². The fourth-order valence-corrected chi connectivity index (χ4v) is 2.55. The second-order valence-corrected chi connectivity index (χ2v) is 4.99. The third-order valence-electron chi connectivity index (χ3n) is 3.58. The van der Waals surface area contributed by atoms with Crippen molar-refractivity contribution in [1.82, 2.24) is 0 Å². The number of hydrogen-bond acceptors (Lipinski definition) is 3. The molecule has 0 amide bonds. The van der Waals surface area contributed by atoms with Gasteiger partial charge in [0, 0.05) is 23.0 Å². The molecule has 0 unspecified atom stereocenters. The SMILES string of the molecule is Cl.Oc1ccc(CCNc2ccccc2)c2c(O)cccc12. The summed E-state index contributed by atoms with van der Waals surface area (Å²) in [7, 11) is 0. The van der Waals surface area contributed by atoms with E-state index >= 15 is 0 Å². The van der Waals surface area contributed by atoms with Gasteiger partial charge in [-0.1, -0.05) is 36.4 Å². The van der Waals surface area contributed by atoms with Gasteiger partial charge in [-0.05, 0) is 36.2 Å². The molecule has 3 nitrogen and oxygen atoms in total. The number of halogens is 1. The zero-order valence-corrected chi connectivity index (χ0v) is 12.8. The van der Waals surface area contributed by atoms with Crippen molar-refractivity contribution in [3.8, 4) is 11.5 Å². The third kappa shape index (κ3) is 3.26. The fraction of sp³-hybridized carbons (Fsp3) is 0.111. The van der Waals surface area contributed by atoms with Crippen molar-refractivity contribution in [3.63, 3.8) is 0 Å². The zero-order valence-electron chi connectivity index (χ0n) is 12.0. The molecule has 0 heterocycles. The molecule has 3 aromatic rings. The van der Waals surface area contributed by atoms with Crippen LogP contribution in [0.25, 0.3) is 10.8 Å². The van der Waals surface area contributed by atoms with Gasteiger partial charge in [0.2, 0.25) is 0 Å². The highest BCUT2D eigenvalue weighted by atomic mass is 35.5. The van der Waals surface area contributed by atoms with Crippen LogP contribution in [0.1, 0.15) is 5.56 Å². The Morgan fingerprint density at radius 2 is 1.55 bits per heavy atom. The molecule has 0 radical (unpaired) electrons. The molecular formula is C18H18ClNO2. The normalized spacial score (nSPS) is 10.2. The van der Waals surface area contributed by atoms with Crippen molar-refractivity contribution in [2.24, 2.45) is 0 Å². The Labute approximate surface area is 135 Å². The summed E-state index contributed by atoms with van der Waals surface area (Å²) in [6.45, 7) is 0.762. The van der Waals surface area contributed by atoms with Gasteiger partial charge < -0.3 is 15.5 Å². The predicted molar refractivity (Wildman–Crippen MR) is 93.2 cm³/mol. The van der Waals surface area contributed by atoms with E-state index in [4.69, 9.17) is 0 Å². The quantitative estimate of drug-likeness (QED) is 0.672. The van der Waals surface area contributed by atoms with Gasteiger partial charge in [-0.15, -0.1) is 12.4 Å². The first-order valence-electron chi connectivity index (χ1n) is 6.97. The van der Waals surface area contributed by atoms with Crippen LogP contribution in [0.5, 0.6) is 11.5 Å². The van der Waals surface area contributed by atoms with Crippen LogP contribution in [-0.2, 0) is 6.42 Å². The molecule has 0 aliphatic rings. The summed E-state index contributed by atoms with van der Waals surface area (Å²) in [5, 5.41) is 24.7. The van der Waals surface area contributed by atoms with Gasteiger partial charge >= 0.3 is 0 Å². The molecule has 0 saturated carbocycles. The minimum absolute atomic E-state index is 0. The number of benzene rings is 3. The van der Waals surface area contributed by atoms with Crippen LogP contribution >= 0.6 is 12.4 Å². The number of phenols is 2. The van der Waals surface area contributed by atoms with Crippen LogP contribution in [-0.4, -0.2) is 16.8 Å². The molecule has 0 atom stereocenters. The molecule has 22 heavy (non-hydrogen) atoms. The smallest absolute Gasteiger partial charge is 0.123 e. The lowest BCUT2D eigenvalue weighted by molar-refractivity contribution is 0.475. The maximum absolute atomic E-state index is 10.1. The first-order chi connectivity index (χ1) is 10.3. The van der Waals surface area contributed by atoms with Crippen molar-refractivity contribution in [1.29, 1.82) is 0 Å². The predicted octanol–water partition coefficient (Wildman–Crippen LogP) is 4.33. The molecule has 3 rings (SSSR count). The second kappa shape index (κ2) is 7.05. The van der Waals surface area contributed by atoms with E-state index in [9.17, 15) is 10.2 Å². The molecule has 4 heteroatoms. The summed E-state index contributed by atoms with van der Waals surface area (Å²) in [4.78, 5) is 0. The highest BCUT2D eigenvalue weighted by Gasteiger charge is 2.09. The van der Waals surface area contributed by atoms with Crippen molar-refractivity contribution in [2.45, 2.75) is 6.42 Å². The Morgan fingerprint density at radius 3 is 2.32 bits per heavy atom. The Bertz CT molecular complexity index is 760. The average molecular weight is 316 g/mol. The number of aromatic hydroxyl groups is 2. The number of hydrogen-bond donors (Lipinski definition) is 3. The van der Waals surface area contributed by atoms with Crippen LogP contribution in [0, 0.1) is 0 Å². The lowest BCUT2D eigenvalue weighted by Gasteiger charge is -2.11. The van der Waals surface area contributed by atoms with E-state index in [0.29, 0.717) is 5.39 Å². The number of para-hydroxylation sites is 1. The van der Waals surface area contributed by atoms with E-state index in [1.165, 1.54) is 0 Å². The summed E-state index contributed by atoms with van der Waals surface area (Å²) in [6, 6.07) is 18.8. The number of anilines is 1. The number of fused-ring (bicyclic) bond motifs is 1. The highest BCUT2D eigenvalue weighted by Crippen LogP contribution is 2.33. The van der Waals surface area contributed by atoms with Crippen LogP contribution in [0.15, 0.2) is 60.7 Å². The average Bonchev–Trinajstić information content (AvgIpc) is 2.51. The molecule has 3 N–H and O–H groups in total. The van der Waals surface area contributed by atoms with E-state index in [0.717, 1.165) is 29.6 Å². The summed E-state index contributed by atoms with van der Waals surface area (Å²) < 4.78 is 0. The van der Waals surface area contributed by atoms with Gasteiger partial charge in [-0.3, -0.25) is 0 Å². The zero-order chi connectivity index (χ0) is 14.7. The molecule has 114 valence electrons. The fourth-order valence-electron chi connectivity index (χ4n) is 2.55. The van der Waals surface area contributed by atoms with E-state index in [-0.39, 0.29) is 23.9 Å². The minimum atomic E-state index is 0. The van der Waals surface area contributed by atoms with Crippen LogP contribution in [0.4, 0.5) is 5.69 Å². The van der Waals surface area contributed by atoms with E-state index in [1.807, 2.05) is 42.5 Å². The first kappa shape index (κ1) is 16.0. The van der Waals surface area contributed by atoms with Crippen LogP contribution in [0.2, 0.25) is 0 Å². The summed E-state index contributed by atoms with van der Waals surface area (Å²) in [6.07, 6.45) is 0.767. The van der Waals surface area contributed by atoms with E-state index in [1.54, 1.807) is 18.2 Å². The van der Waals surface area contributed by atoms with Gasteiger partial charge in [-0.2, -0.15) is 0 Å². The van der Waals surface area contributed by atoms with Gasteiger partial charge in [-0.25, -0.2) is 0 Å². The topological polar surface area (TPSA) is 52.5 Å². The number of rotatable bonds is 4. The molecule has 0 aliphatic heterocycles. The summed E-state index contributed by atoms with van der Waals surface area (Å²) >= 11 is 0. The van der Waals surface area contributed by atoms with Crippen molar-refractivity contribution >= 4 is 28.9 Å².